The number of hydrogen-bond acceptors (Lipinski definition) is 3. The lowest BCUT2D eigenvalue weighted by molar-refractivity contribution is -0.181. The van der Waals surface area contributed by atoms with Crippen molar-refractivity contribution < 1.29 is 27.4 Å². The van der Waals surface area contributed by atoms with Gasteiger partial charge < -0.3 is 19.7 Å². The van der Waals surface area contributed by atoms with Crippen molar-refractivity contribution in [2.75, 3.05) is 31.6 Å². The summed E-state index contributed by atoms with van der Waals surface area (Å²) in [7, 11) is 0. The zero-order chi connectivity index (χ0) is 17.4. The minimum Gasteiger partial charge on any atom is -0.347 e. The Labute approximate surface area is 141 Å². The van der Waals surface area contributed by atoms with Crippen LogP contribution in [0.4, 0.5) is 23.7 Å². The summed E-state index contributed by atoms with van der Waals surface area (Å²) >= 11 is 5.63. The molecule has 0 atom stereocenters. The number of halogens is 4. The molecule has 2 fully saturated rings. The molecule has 0 aliphatic carbocycles. The quantitative estimate of drug-likeness (QED) is 0.826. The fourth-order valence-electron chi connectivity index (χ4n) is 2.89. The van der Waals surface area contributed by atoms with Gasteiger partial charge in [0.15, 0.2) is 5.79 Å². The predicted molar refractivity (Wildman–Crippen MR) is 80.9 cm³/mol. The molecule has 9 heteroatoms. The number of likely N-dealkylation sites (tertiary alicyclic amines) is 1. The number of piperidine rings is 1. The summed E-state index contributed by atoms with van der Waals surface area (Å²) in [6.45, 7) is 1.74. The fourth-order valence-corrected chi connectivity index (χ4v) is 3.06. The molecule has 0 bridgehead atoms. The van der Waals surface area contributed by atoms with E-state index in [4.69, 9.17) is 21.1 Å². The molecule has 132 valence electrons. The molecule has 2 amide bonds. The maximum Gasteiger partial charge on any atom is 0.418 e. The highest BCUT2D eigenvalue weighted by Crippen LogP contribution is 2.37. The lowest BCUT2D eigenvalue weighted by Crippen LogP contribution is -2.48. The maximum atomic E-state index is 13.1. The van der Waals surface area contributed by atoms with Crippen LogP contribution in [-0.2, 0) is 15.7 Å². The number of nitrogens with zero attached hydrogens (tertiary/aromatic N) is 1. The second-order valence-corrected chi connectivity index (χ2v) is 6.15. The lowest BCUT2D eigenvalue weighted by Gasteiger charge is -2.37. The van der Waals surface area contributed by atoms with Crippen molar-refractivity contribution in [2.24, 2.45) is 0 Å². The Morgan fingerprint density at radius 2 is 1.83 bits per heavy atom. The normalized spacial score (nSPS) is 20.4. The number of benzene rings is 1. The summed E-state index contributed by atoms with van der Waals surface area (Å²) < 4.78 is 50.3. The molecule has 1 N–H and O–H groups in total. The molecule has 0 saturated carbocycles. The molecule has 3 rings (SSSR count). The molecule has 2 aliphatic rings. The third kappa shape index (κ3) is 3.60. The van der Waals surface area contributed by atoms with E-state index in [-0.39, 0.29) is 10.7 Å². The second-order valence-electron chi connectivity index (χ2n) is 5.71. The summed E-state index contributed by atoms with van der Waals surface area (Å²) in [5.74, 6) is -0.645. The van der Waals surface area contributed by atoms with Gasteiger partial charge in [0.25, 0.3) is 0 Å². The first-order valence-electron chi connectivity index (χ1n) is 7.50. The molecule has 0 aromatic heterocycles. The summed E-state index contributed by atoms with van der Waals surface area (Å²) in [6.07, 6.45) is -3.62. The number of ether oxygens (including phenoxy) is 2. The van der Waals surface area contributed by atoms with Crippen LogP contribution in [0.2, 0.25) is 5.02 Å². The van der Waals surface area contributed by atoms with Gasteiger partial charge >= 0.3 is 12.2 Å². The summed E-state index contributed by atoms with van der Waals surface area (Å²) in [5, 5.41) is 2.27. The number of nitrogens with one attached hydrogen (secondary N) is 1. The van der Waals surface area contributed by atoms with Gasteiger partial charge in [-0.1, -0.05) is 11.6 Å². The number of rotatable bonds is 1. The third-order valence-electron chi connectivity index (χ3n) is 4.15. The van der Waals surface area contributed by atoms with E-state index in [0.717, 1.165) is 12.1 Å². The summed E-state index contributed by atoms with van der Waals surface area (Å²) in [5.41, 5.74) is -1.29. The highest BCUT2D eigenvalue weighted by molar-refractivity contribution is 6.30. The van der Waals surface area contributed by atoms with E-state index < -0.39 is 23.6 Å². The predicted octanol–water partition coefficient (Wildman–Crippen LogP) is 3.73. The highest BCUT2D eigenvalue weighted by atomic mass is 35.5. The van der Waals surface area contributed by atoms with Gasteiger partial charge in [-0.2, -0.15) is 13.2 Å². The number of urea groups is 1. The van der Waals surface area contributed by atoms with Crippen molar-refractivity contribution in [3.63, 3.8) is 0 Å². The van der Waals surface area contributed by atoms with Gasteiger partial charge in [0.05, 0.1) is 24.5 Å². The van der Waals surface area contributed by atoms with Crippen LogP contribution in [0, 0.1) is 0 Å². The number of carbonyl (C=O) groups excluding carboxylic acids is 1. The average molecular weight is 365 g/mol. The zero-order valence-corrected chi connectivity index (χ0v) is 13.4. The first-order chi connectivity index (χ1) is 11.3. The Kier molecular flexibility index (Phi) is 4.63. The van der Waals surface area contributed by atoms with Gasteiger partial charge in [-0.25, -0.2) is 4.79 Å². The van der Waals surface area contributed by atoms with E-state index in [1.807, 2.05) is 0 Å². The highest BCUT2D eigenvalue weighted by Gasteiger charge is 2.41. The van der Waals surface area contributed by atoms with Crippen molar-refractivity contribution in [3.05, 3.63) is 28.8 Å². The Morgan fingerprint density at radius 1 is 1.21 bits per heavy atom. The smallest absolute Gasteiger partial charge is 0.347 e. The zero-order valence-electron chi connectivity index (χ0n) is 12.7. The van der Waals surface area contributed by atoms with Gasteiger partial charge in [-0.05, 0) is 18.2 Å². The topological polar surface area (TPSA) is 50.8 Å². The largest absolute Gasteiger partial charge is 0.418 e. The van der Waals surface area contributed by atoms with Gasteiger partial charge in [0.1, 0.15) is 0 Å². The van der Waals surface area contributed by atoms with E-state index in [2.05, 4.69) is 5.32 Å². The molecule has 2 saturated heterocycles. The number of amides is 2. The third-order valence-corrected chi connectivity index (χ3v) is 4.39. The Hall–Kier alpha value is -1.51. The number of carbonyl (C=O) groups is 1. The summed E-state index contributed by atoms with van der Waals surface area (Å²) in [6, 6.07) is 2.66. The molecule has 1 aromatic carbocycles. The van der Waals surface area contributed by atoms with Crippen LogP contribution >= 0.6 is 11.6 Å². The van der Waals surface area contributed by atoms with Crippen LogP contribution < -0.4 is 5.32 Å². The van der Waals surface area contributed by atoms with Gasteiger partial charge in [-0.15, -0.1) is 0 Å². The molecule has 2 heterocycles. The van der Waals surface area contributed by atoms with Crippen molar-refractivity contribution in [3.8, 4) is 0 Å². The Bertz CT molecular complexity index is 623. The van der Waals surface area contributed by atoms with Crippen molar-refractivity contribution >= 4 is 23.3 Å². The molecular weight excluding hydrogens is 349 g/mol. The maximum absolute atomic E-state index is 13.1. The molecule has 5 nitrogen and oxygen atoms in total. The van der Waals surface area contributed by atoms with E-state index in [0.29, 0.717) is 39.1 Å². The monoisotopic (exact) mass is 364 g/mol. The first-order valence-corrected chi connectivity index (χ1v) is 7.87. The van der Waals surface area contributed by atoms with Crippen molar-refractivity contribution in [1.82, 2.24) is 4.90 Å². The van der Waals surface area contributed by atoms with Crippen molar-refractivity contribution in [2.45, 2.75) is 24.8 Å². The minimum absolute atomic E-state index is 0.0456. The van der Waals surface area contributed by atoms with Crippen LogP contribution in [-0.4, -0.2) is 43.0 Å². The summed E-state index contributed by atoms with van der Waals surface area (Å²) in [4.78, 5) is 13.7. The first kappa shape index (κ1) is 17.3. The van der Waals surface area contributed by atoms with E-state index in [1.54, 1.807) is 0 Å². The van der Waals surface area contributed by atoms with Gasteiger partial charge in [0, 0.05) is 31.0 Å². The Morgan fingerprint density at radius 3 is 2.42 bits per heavy atom. The molecule has 24 heavy (non-hydrogen) atoms. The number of hydrogen-bond donors (Lipinski definition) is 1. The minimum atomic E-state index is -4.61. The number of anilines is 1. The van der Waals surface area contributed by atoms with E-state index >= 15 is 0 Å². The van der Waals surface area contributed by atoms with Gasteiger partial charge in [0.2, 0.25) is 0 Å². The van der Waals surface area contributed by atoms with Crippen LogP contribution in [0.3, 0.4) is 0 Å². The molecular formula is C15H16ClF3N2O3. The molecule has 1 spiro atoms. The van der Waals surface area contributed by atoms with E-state index in [9.17, 15) is 18.0 Å². The SMILES string of the molecule is O=C(Nc1ccc(Cl)cc1C(F)(F)F)N1CCC2(CC1)OCCO2. The Balaban J connectivity index is 1.67. The van der Waals surface area contributed by atoms with Crippen LogP contribution in [0.25, 0.3) is 0 Å². The molecule has 0 unspecified atom stereocenters. The second kappa shape index (κ2) is 6.42. The van der Waals surface area contributed by atoms with E-state index in [1.165, 1.54) is 11.0 Å². The van der Waals surface area contributed by atoms with Crippen molar-refractivity contribution in [1.29, 1.82) is 0 Å². The lowest BCUT2D eigenvalue weighted by atomic mass is 10.0. The standard InChI is InChI=1S/C15H16ClF3N2O3/c16-10-1-2-12(11(9-10)15(17,18)19)20-13(22)21-5-3-14(4-6-21)23-7-8-24-14/h1-2,9H,3-8H2,(H,20,22). The fraction of sp³-hybridized carbons (Fsp3) is 0.533. The van der Waals surface area contributed by atoms with Crippen LogP contribution in [0.1, 0.15) is 18.4 Å². The van der Waals surface area contributed by atoms with Crippen LogP contribution in [0.15, 0.2) is 18.2 Å². The molecule has 0 radical (unpaired) electrons. The molecule has 2 aliphatic heterocycles. The molecule has 1 aromatic rings. The average Bonchev–Trinajstić information content (AvgIpc) is 2.97. The van der Waals surface area contributed by atoms with Gasteiger partial charge in [-0.3, -0.25) is 0 Å². The number of alkyl halides is 3. The van der Waals surface area contributed by atoms with Crippen LogP contribution in [0.5, 0.6) is 0 Å².